The van der Waals surface area contributed by atoms with Crippen molar-refractivity contribution in [2.45, 2.75) is 19.4 Å². The molecule has 0 N–H and O–H groups in total. The first-order valence-corrected chi connectivity index (χ1v) is 10.7. The zero-order chi connectivity index (χ0) is 21.1. The average molecular weight is 428 g/mol. The minimum Gasteiger partial charge on any atom is -0.492 e. The Labute approximate surface area is 182 Å². The number of carbonyl (C=O) groups excluding carboxylic acids is 2. The highest BCUT2D eigenvalue weighted by atomic mass is 35.5. The van der Waals surface area contributed by atoms with Gasteiger partial charge in [-0.1, -0.05) is 35.9 Å². The summed E-state index contributed by atoms with van der Waals surface area (Å²) in [4.78, 5) is 31.5. The Morgan fingerprint density at radius 3 is 2.47 bits per heavy atom. The Kier molecular flexibility index (Phi) is 6.37. The predicted molar refractivity (Wildman–Crippen MR) is 117 cm³/mol. The smallest absolute Gasteiger partial charge is 0.251 e. The van der Waals surface area contributed by atoms with Crippen LogP contribution in [0.4, 0.5) is 5.69 Å². The van der Waals surface area contributed by atoms with Crippen LogP contribution in [0.1, 0.15) is 12.0 Å². The SMILES string of the molecule is Cc1c(Cl)cccc1N1C(=O)CC(N2CCN(CCOc3ccccc3)CC2)C1=O. The van der Waals surface area contributed by atoms with Gasteiger partial charge in [-0.25, -0.2) is 4.90 Å². The number of amides is 2. The highest BCUT2D eigenvalue weighted by molar-refractivity contribution is 6.32. The van der Waals surface area contributed by atoms with E-state index in [0.29, 0.717) is 17.3 Å². The molecule has 1 atom stereocenters. The molecule has 30 heavy (non-hydrogen) atoms. The second kappa shape index (κ2) is 9.16. The van der Waals surface area contributed by atoms with Crippen LogP contribution in [0.15, 0.2) is 48.5 Å². The van der Waals surface area contributed by atoms with Crippen molar-refractivity contribution < 1.29 is 14.3 Å². The number of hydrogen-bond donors (Lipinski definition) is 0. The molecule has 2 aliphatic heterocycles. The van der Waals surface area contributed by atoms with Gasteiger partial charge in [0, 0.05) is 37.7 Å². The molecule has 2 fully saturated rings. The number of benzene rings is 2. The molecule has 2 aliphatic rings. The lowest BCUT2D eigenvalue weighted by Crippen LogP contribution is -2.53. The molecule has 2 amide bonds. The molecule has 6 nitrogen and oxygen atoms in total. The number of nitrogens with zero attached hydrogens (tertiary/aromatic N) is 3. The summed E-state index contributed by atoms with van der Waals surface area (Å²) in [5, 5.41) is 0.558. The van der Waals surface area contributed by atoms with Crippen molar-refractivity contribution in [3.63, 3.8) is 0 Å². The predicted octanol–water partition coefficient (Wildman–Crippen LogP) is 2.98. The standard InChI is InChI=1S/C23H26ClN3O3/c1-17-19(24)8-5-9-20(17)27-22(28)16-21(23(27)29)26-12-10-25(11-13-26)14-15-30-18-6-3-2-4-7-18/h2-9,21H,10-16H2,1H3. The summed E-state index contributed by atoms with van der Waals surface area (Å²) >= 11 is 6.19. The average Bonchev–Trinajstić information content (AvgIpc) is 3.05. The summed E-state index contributed by atoms with van der Waals surface area (Å²) in [6.07, 6.45) is 0.224. The Bertz CT molecular complexity index is 913. The summed E-state index contributed by atoms with van der Waals surface area (Å²) in [6.45, 7) is 6.54. The third kappa shape index (κ3) is 4.36. The third-order valence-corrected chi connectivity index (χ3v) is 6.28. The van der Waals surface area contributed by atoms with Crippen LogP contribution < -0.4 is 9.64 Å². The van der Waals surface area contributed by atoms with E-state index < -0.39 is 6.04 Å². The fourth-order valence-corrected chi connectivity index (χ4v) is 4.27. The zero-order valence-electron chi connectivity index (χ0n) is 17.1. The number of rotatable bonds is 6. The van der Waals surface area contributed by atoms with Crippen LogP contribution in [0.2, 0.25) is 5.02 Å². The van der Waals surface area contributed by atoms with E-state index in [1.54, 1.807) is 18.2 Å². The molecule has 0 aliphatic carbocycles. The van der Waals surface area contributed by atoms with E-state index in [-0.39, 0.29) is 18.2 Å². The summed E-state index contributed by atoms with van der Waals surface area (Å²) in [5.41, 5.74) is 1.35. The van der Waals surface area contributed by atoms with Crippen molar-refractivity contribution in [1.82, 2.24) is 9.80 Å². The largest absolute Gasteiger partial charge is 0.492 e. The summed E-state index contributed by atoms with van der Waals surface area (Å²) in [5.74, 6) is 0.572. The molecule has 0 saturated carbocycles. The van der Waals surface area contributed by atoms with E-state index in [1.807, 2.05) is 37.3 Å². The van der Waals surface area contributed by atoms with Crippen molar-refractivity contribution in [2.24, 2.45) is 0 Å². The molecule has 4 rings (SSSR count). The highest BCUT2D eigenvalue weighted by Gasteiger charge is 2.43. The van der Waals surface area contributed by atoms with E-state index in [0.717, 1.165) is 44.0 Å². The summed E-state index contributed by atoms with van der Waals surface area (Å²) in [6, 6.07) is 14.7. The van der Waals surface area contributed by atoms with Crippen LogP contribution in [-0.4, -0.2) is 67.0 Å². The van der Waals surface area contributed by atoms with Gasteiger partial charge < -0.3 is 4.74 Å². The number of anilines is 1. The second-order valence-electron chi connectivity index (χ2n) is 7.71. The minimum atomic E-state index is -0.390. The molecule has 2 saturated heterocycles. The molecule has 1 unspecified atom stereocenters. The molecule has 158 valence electrons. The topological polar surface area (TPSA) is 53.1 Å². The molecule has 2 aromatic rings. The molecule has 7 heteroatoms. The first-order valence-electron chi connectivity index (χ1n) is 10.3. The minimum absolute atomic E-state index is 0.147. The fraction of sp³-hybridized carbons (Fsp3) is 0.391. The lowest BCUT2D eigenvalue weighted by molar-refractivity contribution is -0.123. The van der Waals surface area contributed by atoms with Crippen LogP contribution in [-0.2, 0) is 9.59 Å². The molecular weight excluding hydrogens is 402 g/mol. The van der Waals surface area contributed by atoms with Gasteiger partial charge in [0.05, 0.1) is 18.2 Å². The van der Waals surface area contributed by atoms with Gasteiger partial charge in [0.25, 0.3) is 5.91 Å². The van der Waals surface area contributed by atoms with Gasteiger partial charge in [0.15, 0.2) is 0 Å². The first kappa shape index (κ1) is 20.8. The normalized spacial score (nSPS) is 20.7. The molecule has 0 bridgehead atoms. The number of piperazine rings is 1. The van der Waals surface area contributed by atoms with Crippen molar-refractivity contribution in [3.8, 4) is 5.75 Å². The Balaban J connectivity index is 1.31. The van der Waals surface area contributed by atoms with Crippen LogP contribution in [0.25, 0.3) is 0 Å². The van der Waals surface area contributed by atoms with Crippen LogP contribution in [0.3, 0.4) is 0 Å². The molecular formula is C23H26ClN3O3. The van der Waals surface area contributed by atoms with E-state index in [1.165, 1.54) is 4.90 Å². The van der Waals surface area contributed by atoms with E-state index in [4.69, 9.17) is 16.3 Å². The van der Waals surface area contributed by atoms with Gasteiger partial charge in [-0.2, -0.15) is 0 Å². The number of ether oxygens (including phenoxy) is 1. The Hall–Kier alpha value is -2.41. The molecule has 0 radical (unpaired) electrons. The van der Waals surface area contributed by atoms with Gasteiger partial charge in [0.2, 0.25) is 5.91 Å². The number of hydrogen-bond acceptors (Lipinski definition) is 5. The summed E-state index contributed by atoms with van der Waals surface area (Å²) in [7, 11) is 0. The van der Waals surface area contributed by atoms with Gasteiger partial charge in [-0.05, 0) is 36.8 Å². The number of carbonyl (C=O) groups is 2. The van der Waals surface area contributed by atoms with Crippen LogP contribution in [0, 0.1) is 6.92 Å². The lowest BCUT2D eigenvalue weighted by Gasteiger charge is -2.36. The van der Waals surface area contributed by atoms with E-state index in [2.05, 4.69) is 9.80 Å². The third-order valence-electron chi connectivity index (χ3n) is 5.87. The summed E-state index contributed by atoms with van der Waals surface area (Å²) < 4.78 is 5.78. The Morgan fingerprint density at radius 1 is 1.00 bits per heavy atom. The number of imide groups is 1. The monoisotopic (exact) mass is 427 g/mol. The maximum atomic E-state index is 13.1. The molecule has 2 heterocycles. The van der Waals surface area contributed by atoms with E-state index >= 15 is 0 Å². The van der Waals surface area contributed by atoms with Crippen LogP contribution in [0.5, 0.6) is 5.75 Å². The van der Waals surface area contributed by atoms with Gasteiger partial charge in [0.1, 0.15) is 12.4 Å². The van der Waals surface area contributed by atoms with Crippen molar-refractivity contribution in [2.75, 3.05) is 44.2 Å². The maximum Gasteiger partial charge on any atom is 0.251 e. The fourth-order valence-electron chi connectivity index (χ4n) is 4.10. The molecule has 2 aromatic carbocycles. The Morgan fingerprint density at radius 2 is 1.73 bits per heavy atom. The lowest BCUT2D eigenvalue weighted by atomic mass is 10.1. The van der Waals surface area contributed by atoms with Gasteiger partial charge in [-0.3, -0.25) is 19.4 Å². The maximum absolute atomic E-state index is 13.1. The van der Waals surface area contributed by atoms with Gasteiger partial charge in [-0.15, -0.1) is 0 Å². The van der Waals surface area contributed by atoms with Gasteiger partial charge >= 0.3 is 0 Å². The second-order valence-corrected chi connectivity index (χ2v) is 8.12. The zero-order valence-corrected chi connectivity index (χ0v) is 17.8. The van der Waals surface area contributed by atoms with E-state index in [9.17, 15) is 9.59 Å². The van der Waals surface area contributed by atoms with Crippen molar-refractivity contribution in [3.05, 3.63) is 59.1 Å². The highest BCUT2D eigenvalue weighted by Crippen LogP contribution is 2.32. The van der Waals surface area contributed by atoms with Crippen molar-refractivity contribution in [1.29, 1.82) is 0 Å². The quantitative estimate of drug-likeness (QED) is 0.663. The number of halogens is 1. The number of para-hydroxylation sites is 1. The first-order chi connectivity index (χ1) is 14.5. The molecule has 0 spiro atoms. The molecule has 0 aromatic heterocycles. The van der Waals surface area contributed by atoms with Crippen molar-refractivity contribution >= 4 is 29.1 Å². The van der Waals surface area contributed by atoms with Crippen LogP contribution >= 0.6 is 11.6 Å².